The van der Waals surface area contributed by atoms with Crippen LogP contribution in [0.1, 0.15) is 49.6 Å². The summed E-state index contributed by atoms with van der Waals surface area (Å²) in [5.74, 6) is 0. The first-order valence-corrected chi connectivity index (χ1v) is 8.91. The van der Waals surface area contributed by atoms with E-state index in [1.54, 1.807) is 0 Å². The van der Waals surface area contributed by atoms with E-state index in [1.807, 2.05) is 82.3 Å². The molecule has 0 bridgehead atoms. The molecule has 0 radical (unpaired) electrons. The molecule has 3 atom stereocenters. The minimum Gasteiger partial charge on any atom is -0.386 e. The van der Waals surface area contributed by atoms with Crippen molar-refractivity contribution < 1.29 is 9.32 Å². The molecule has 0 saturated carbocycles. The van der Waals surface area contributed by atoms with Crippen LogP contribution in [-0.2, 0) is 11.0 Å². The monoisotopic (exact) mass is 331 g/mol. The lowest BCUT2D eigenvalue weighted by Gasteiger charge is -2.28. The second-order valence-electron chi connectivity index (χ2n) is 6.74. The number of aliphatic hydroxyl groups excluding tert-OH is 1. The van der Waals surface area contributed by atoms with Crippen molar-refractivity contribution in [1.29, 1.82) is 0 Å². The van der Waals surface area contributed by atoms with Gasteiger partial charge in [0.25, 0.3) is 0 Å². The maximum atomic E-state index is 12.5. The summed E-state index contributed by atoms with van der Waals surface area (Å²) in [5, 5.41) is 10.8. The molecule has 2 aromatic rings. The molecule has 2 unspecified atom stereocenters. The molecule has 0 spiro atoms. The Morgan fingerprint density at radius 3 is 2.04 bits per heavy atom. The highest BCUT2D eigenvalue weighted by molar-refractivity contribution is 7.84. The summed E-state index contributed by atoms with van der Waals surface area (Å²) in [6.45, 7) is 7.76. The Bertz CT molecular complexity index is 647. The van der Waals surface area contributed by atoms with Crippen molar-refractivity contribution in [3.8, 4) is 0 Å². The molecule has 4 heteroatoms. The first kappa shape index (κ1) is 17.9. The Kier molecular flexibility index (Phi) is 5.74. The Hall–Kier alpha value is -1.49. The largest absolute Gasteiger partial charge is 0.386 e. The molecule has 2 rings (SSSR count). The van der Waals surface area contributed by atoms with E-state index < -0.39 is 27.9 Å². The SMILES string of the molecule is Cc1ccc([C@H](NS(=O)C(C)(C)C)C(O)c2ccccc2)cc1. The molecule has 3 nitrogen and oxygen atoms in total. The van der Waals surface area contributed by atoms with Crippen molar-refractivity contribution in [2.45, 2.75) is 44.6 Å². The van der Waals surface area contributed by atoms with Crippen LogP contribution < -0.4 is 4.72 Å². The lowest BCUT2D eigenvalue weighted by molar-refractivity contribution is 0.140. The first-order valence-electron chi connectivity index (χ1n) is 7.76. The summed E-state index contributed by atoms with van der Waals surface area (Å²) in [4.78, 5) is 0. The van der Waals surface area contributed by atoms with Gasteiger partial charge in [-0.1, -0.05) is 60.2 Å². The van der Waals surface area contributed by atoms with E-state index in [2.05, 4.69) is 4.72 Å². The maximum absolute atomic E-state index is 12.5. The second kappa shape index (κ2) is 7.39. The number of hydrogen-bond donors (Lipinski definition) is 2. The molecule has 0 aromatic heterocycles. The van der Waals surface area contributed by atoms with Crippen molar-refractivity contribution in [2.75, 3.05) is 0 Å². The van der Waals surface area contributed by atoms with Crippen LogP contribution >= 0.6 is 0 Å². The standard InChI is InChI=1S/C19H25NO2S/c1-14-10-12-15(13-11-14)17(20-23(22)19(2,3)4)18(21)16-8-6-5-7-9-16/h5-13,17-18,20-21H,1-4H3/t17-,18?,23?/m0/s1. The van der Waals surface area contributed by atoms with Crippen molar-refractivity contribution in [3.63, 3.8) is 0 Å². The van der Waals surface area contributed by atoms with Crippen LogP contribution in [0.3, 0.4) is 0 Å². The third-order valence-electron chi connectivity index (χ3n) is 3.68. The molecule has 0 fully saturated rings. The van der Waals surface area contributed by atoms with Crippen LogP contribution in [0, 0.1) is 6.92 Å². The lowest BCUT2D eigenvalue weighted by Crippen LogP contribution is -2.38. The predicted octanol–water partition coefficient (Wildman–Crippen LogP) is 3.82. The molecule has 0 aliphatic heterocycles. The highest BCUT2D eigenvalue weighted by atomic mass is 32.2. The minimum absolute atomic E-state index is 0.403. The number of benzene rings is 2. The third-order valence-corrected chi connectivity index (χ3v) is 5.26. The third kappa shape index (κ3) is 4.74. The Morgan fingerprint density at radius 2 is 1.52 bits per heavy atom. The van der Waals surface area contributed by atoms with Crippen LogP contribution in [0.2, 0.25) is 0 Å². The van der Waals surface area contributed by atoms with E-state index in [-0.39, 0.29) is 0 Å². The molecule has 124 valence electrons. The average molecular weight is 331 g/mol. The molecule has 0 saturated heterocycles. The quantitative estimate of drug-likeness (QED) is 0.875. The van der Waals surface area contributed by atoms with E-state index in [1.165, 1.54) is 0 Å². The lowest BCUT2D eigenvalue weighted by atomic mass is 9.96. The smallest absolute Gasteiger partial charge is 0.0993 e. The molecule has 2 aromatic carbocycles. The molecule has 2 N–H and O–H groups in total. The Morgan fingerprint density at radius 1 is 0.957 bits per heavy atom. The number of aryl methyl sites for hydroxylation is 1. The van der Waals surface area contributed by atoms with Gasteiger partial charge in [0.2, 0.25) is 0 Å². The fraction of sp³-hybridized carbons (Fsp3) is 0.368. The fourth-order valence-corrected chi connectivity index (χ4v) is 3.07. The predicted molar refractivity (Wildman–Crippen MR) is 96.4 cm³/mol. The van der Waals surface area contributed by atoms with Gasteiger partial charge in [-0.2, -0.15) is 0 Å². The first-order chi connectivity index (χ1) is 10.8. The molecule has 0 heterocycles. The van der Waals surface area contributed by atoms with E-state index in [4.69, 9.17) is 0 Å². The maximum Gasteiger partial charge on any atom is 0.0993 e. The molecule has 0 aliphatic rings. The minimum atomic E-state index is -1.28. The highest BCUT2D eigenvalue weighted by Gasteiger charge is 2.28. The highest BCUT2D eigenvalue weighted by Crippen LogP contribution is 2.30. The van der Waals surface area contributed by atoms with Gasteiger partial charge in [0.05, 0.1) is 27.9 Å². The van der Waals surface area contributed by atoms with E-state index in [0.29, 0.717) is 0 Å². The number of nitrogens with one attached hydrogen (secondary N) is 1. The van der Waals surface area contributed by atoms with Gasteiger partial charge in [0.1, 0.15) is 0 Å². The molecule has 0 aliphatic carbocycles. The van der Waals surface area contributed by atoms with Gasteiger partial charge >= 0.3 is 0 Å². The van der Waals surface area contributed by atoms with E-state index in [0.717, 1.165) is 16.7 Å². The van der Waals surface area contributed by atoms with Gasteiger partial charge < -0.3 is 5.11 Å². The summed E-state index contributed by atoms with van der Waals surface area (Å²) in [7, 11) is -1.28. The van der Waals surface area contributed by atoms with Crippen molar-refractivity contribution >= 4 is 11.0 Å². The van der Waals surface area contributed by atoms with Gasteiger partial charge in [0, 0.05) is 0 Å². The van der Waals surface area contributed by atoms with Crippen molar-refractivity contribution in [1.82, 2.24) is 4.72 Å². The summed E-state index contributed by atoms with van der Waals surface area (Å²) < 4.78 is 15.2. The van der Waals surface area contributed by atoms with Gasteiger partial charge in [-0.25, -0.2) is 8.93 Å². The van der Waals surface area contributed by atoms with Crippen LogP contribution in [-0.4, -0.2) is 14.1 Å². The fourth-order valence-electron chi connectivity index (χ4n) is 2.22. The van der Waals surface area contributed by atoms with Crippen LogP contribution in [0.4, 0.5) is 0 Å². The van der Waals surface area contributed by atoms with Gasteiger partial charge in [-0.15, -0.1) is 0 Å². The average Bonchev–Trinajstić information content (AvgIpc) is 2.52. The van der Waals surface area contributed by atoms with Crippen molar-refractivity contribution in [3.05, 3.63) is 71.3 Å². The van der Waals surface area contributed by atoms with Crippen LogP contribution in [0.15, 0.2) is 54.6 Å². The van der Waals surface area contributed by atoms with Gasteiger partial charge in [-0.05, 0) is 38.8 Å². The van der Waals surface area contributed by atoms with Gasteiger partial charge in [-0.3, -0.25) is 0 Å². The Balaban J connectivity index is 2.35. The second-order valence-corrected chi connectivity index (χ2v) is 8.74. The summed E-state index contributed by atoms with van der Waals surface area (Å²) in [6.07, 6.45) is -0.773. The molecular weight excluding hydrogens is 306 g/mol. The number of aliphatic hydroxyl groups is 1. The molecular formula is C19H25NO2S. The van der Waals surface area contributed by atoms with E-state index >= 15 is 0 Å². The van der Waals surface area contributed by atoms with Crippen LogP contribution in [0.25, 0.3) is 0 Å². The number of rotatable bonds is 5. The van der Waals surface area contributed by atoms with E-state index in [9.17, 15) is 9.32 Å². The van der Waals surface area contributed by atoms with Crippen LogP contribution in [0.5, 0.6) is 0 Å². The normalized spacial score (nSPS) is 15.9. The molecule has 0 amide bonds. The number of hydrogen-bond acceptors (Lipinski definition) is 2. The van der Waals surface area contributed by atoms with Crippen molar-refractivity contribution in [2.24, 2.45) is 0 Å². The summed E-state index contributed by atoms with van der Waals surface area (Å²) in [5.41, 5.74) is 2.87. The summed E-state index contributed by atoms with van der Waals surface area (Å²) >= 11 is 0. The Labute approximate surface area is 141 Å². The zero-order valence-corrected chi connectivity index (χ0v) is 14.9. The van der Waals surface area contributed by atoms with Gasteiger partial charge in [0.15, 0.2) is 0 Å². The summed E-state index contributed by atoms with van der Waals surface area (Å²) in [6, 6.07) is 17.0. The molecule has 23 heavy (non-hydrogen) atoms. The zero-order valence-electron chi connectivity index (χ0n) is 14.1. The topological polar surface area (TPSA) is 49.3 Å². The zero-order chi connectivity index (χ0) is 17.0.